The first-order valence-corrected chi connectivity index (χ1v) is 12.6. The van der Waals surface area contributed by atoms with Gasteiger partial charge in [0.1, 0.15) is 29.3 Å². The maximum Gasteiger partial charge on any atom is 0.336 e. The highest BCUT2D eigenvalue weighted by atomic mass is 35.5. The second-order valence-electron chi connectivity index (χ2n) is 8.38. The molecule has 0 spiro atoms. The van der Waals surface area contributed by atoms with E-state index in [1.807, 2.05) is 0 Å². The zero-order chi connectivity index (χ0) is 29.0. The van der Waals surface area contributed by atoms with Crippen LogP contribution in [0, 0.1) is 18.6 Å². The van der Waals surface area contributed by atoms with E-state index < -0.39 is 23.6 Å². The zero-order valence-corrected chi connectivity index (χ0v) is 23.0. The summed E-state index contributed by atoms with van der Waals surface area (Å²) < 4.78 is 36.2. The Bertz CT molecular complexity index is 1580. The van der Waals surface area contributed by atoms with E-state index in [2.05, 4.69) is 20.9 Å². The average Bonchev–Trinajstić information content (AvgIpc) is 3.35. The molecule has 2 heterocycles. The van der Waals surface area contributed by atoms with E-state index in [9.17, 15) is 14.0 Å². The smallest absolute Gasteiger partial charge is 0.336 e. The molecule has 2 N–H and O–H groups in total. The van der Waals surface area contributed by atoms with Crippen LogP contribution in [-0.2, 0) is 6.54 Å². The number of amides is 3. The molecule has 0 aliphatic heterocycles. The second kappa shape index (κ2) is 12.3. The zero-order valence-electron chi connectivity index (χ0n) is 21.5. The number of rotatable bonds is 7. The molecule has 0 saturated heterocycles. The van der Waals surface area contributed by atoms with E-state index in [0.717, 1.165) is 11.1 Å². The van der Waals surface area contributed by atoms with Gasteiger partial charge in [-0.3, -0.25) is 15.1 Å². The van der Waals surface area contributed by atoms with Crippen LogP contribution < -0.4 is 20.3 Å². The van der Waals surface area contributed by atoms with Crippen molar-refractivity contribution in [2.45, 2.75) is 20.4 Å². The van der Waals surface area contributed by atoms with Crippen LogP contribution in [0.25, 0.3) is 22.5 Å². The highest BCUT2D eigenvalue weighted by Crippen LogP contribution is 2.36. The maximum absolute atomic E-state index is 15.1. The molecular formula is C26H23Cl2F2N6O4+. The molecule has 40 heavy (non-hydrogen) atoms. The summed E-state index contributed by atoms with van der Waals surface area (Å²) in [4.78, 5) is 34.5. The Hall–Kier alpha value is -4.29. The number of aromatic nitrogens is 3. The van der Waals surface area contributed by atoms with Crippen molar-refractivity contribution in [3.8, 4) is 22.5 Å². The van der Waals surface area contributed by atoms with Crippen LogP contribution in [0.4, 0.5) is 13.6 Å². The van der Waals surface area contributed by atoms with Crippen LogP contribution >= 0.6 is 23.2 Å². The normalized spacial score (nSPS) is 10.8. The predicted molar refractivity (Wildman–Crippen MR) is 141 cm³/mol. The number of urea groups is 1. The van der Waals surface area contributed by atoms with Gasteiger partial charge >= 0.3 is 6.03 Å². The summed E-state index contributed by atoms with van der Waals surface area (Å²) in [5.41, 5.74) is 3.34. The number of hydrogen-bond acceptors (Lipinski definition) is 6. The number of halogens is 4. The molecule has 0 radical (unpaired) electrons. The van der Waals surface area contributed by atoms with E-state index in [-0.39, 0.29) is 57.1 Å². The molecule has 2 aromatic heterocycles. The fourth-order valence-electron chi connectivity index (χ4n) is 3.76. The third kappa shape index (κ3) is 6.46. The van der Waals surface area contributed by atoms with Gasteiger partial charge in [0.2, 0.25) is 24.1 Å². The fourth-order valence-corrected chi connectivity index (χ4v) is 4.18. The van der Waals surface area contributed by atoms with Crippen LogP contribution in [0.2, 0.25) is 10.0 Å². The van der Waals surface area contributed by atoms with E-state index in [1.54, 1.807) is 19.9 Å². The molecule has 0 aliphatic carbocycles. The van der Waals surface area contributed by atoms with Crippen molar-refractivity contribution in [1.29, 1.82) is 0 Å². The average molecular weight is 592 g/mol. The third-order valence-electron chi connectivity index (χ3n) is 5.68. The van der Waals surface area contributed by atoms with Crippen molar-refractivity contribution in [1.82, 2.24) is 25.9 Å². The minimum absolute atomic E-state index is 0.00469. The number of aryl methyl sites for hydroxylation is 1. The van der Waals surface area contributed by atoms with Gasteiger partial charge < -0.3 is 9.84 Å². The van der Waals surface area contributed by atoms with E-state index >= 15 is 4.39 Å². The molecule has 3 amide bonds. The molecule has 0 atom stereocenters. The largest absolute Gasteiger partial charge is 0.339 e. The van der Waals surface area contributed by atoms with E-state index in [0.29, 0.717) is 5.56 Å². The summed E-state index contributed by atoms with van der Waals surface area (Å²) in [6.45, 7) is 3.13. The Morgan fingerprint density at radius 2 is 1.88 bits per heavy atom. The Kier molecular flexibility index (Phi) is 8.80. The van der Waals surface area contributed by atoms with E-state index in [1.165, 1.54) is 48.5 Å². The van der Waals surface area contributed by atoms with Gasteiger partial charge in [0, 0.05) is 35.3 Å². The highest BCUT2D eigenvalue weighted by Gasteiger charge is 2.22. The van der Waals surface area contributed by atoms with Gasteiger partial charge in [-0.05, 0) is 42.3 Å². The van der Waals surface area contributed by atoms with Crippen LogP contribution in [-0.4, -0.2) is 40.7 Å². The lowest BCUT2D eigenvalue weighted by Crippen LogP contribution is -2.51. The van der Waals surface area contributed by atoms with Crippen molar-refractivity contribution in [2.24, 2.45) is 0 Å². The van der Waals surface area contributed by atoms with Crippen molar-refractivity contribution in [2.75, 3.05) is 13.7 Å². The van der Waals surface area contributed by atoms with Gasteiger partial charge in [-0.25, -0.2) is 18.6 Å². The number of hydrazine groups is 1. The molecule has 0 saturated carbocycles. The molecule has 4 aromatic rings. The second-order valence-corrected chi connectivity index (χ2v) is 9.26. The van der Waals surface area contributed by atoms with Crippen LogP contribution in [0.1, 0.15) is 28.7 Å². The number of carbonyl (C=O) groups is 2. The lowest BCUT2D eigenvalue weighted by molar-refractivity contribution is -0.885. The van der Waals surface area contributed by atoms with Gasteiger partial charge in [0.25, 0.3) is 5.91 Å². The first-order chi connectivity index (χ1) is 19.1. The number of hydrogen-bond donors (Lipinski definition) is 2. The minimum Gasteiger partial charge on any atom is -0.339 e. The Morgan fingerprint density at radius 1 is 1.10 bits per heavy atom. The van der Waals surface area contributed by atoms with Gasteiger partial charge in [0.15, 0.2) is 0 Å². The van der Waals surface area contributed by atoms with Gasteiger partial charge in [0.05, 0.1) is 5.56 Å². The monoisotopic (exact) mass is 591 g/mol. The molecule has 208 valence electrons. The molecule has 14 heteroatoms. The van der Waals surface area contributed by atoms with Gasteiger partial charge in [-0.2, -0.15) is 4.98 Å². The molecule has 0 unspecified atom stereocenters. The van der Waals surface area contributed by atoms with E-state index in [4.69, 9.17) is 32.6 Å². The quantitative estimate of drug-likeness (QED) is 0.241. The number of carbonyl (C=O) groups excluding carboxylic acids is 2. The molecule has 4 rings (SSSR count). The van der Waals surface area contributed by atoms with Crippen LogP contribution in [0.15, 0.2) is 53.3 Å². The summed E-state index contributed by atoms with van der Waals surface area (Å²) >= 11 is 12.1. The molecular weight excluding hydrogens is 569 g/mol. The number of pyridine rings is 1. The summed E-state index contributed by atoms with van der Waals surface area (Å²) in [6, 6.07) is 7.49. The Morgan fingerprint density at radius 3 is 2.52 bits per heavy atom. The minimum atomic E-state index is -0.698. The van der Waals surface area contributed by atoms with Gasteiger partial charge in [-0.1, -0.05) is 40.5 Å². The topological polar surface area (TPSA) is 113 Å². The molecule has 0 aliphatic rings. The van der Waals surface area contributed by atoms with Crippen molar-refractivity contribution < 1.29 is 32.5 Å². The van der Waals surface area contributed by atoms with Crippen molar-refractivity contribution in [3.05, 3.63) is 87.5 Å². The number of nitrogens with one attached hydrogen (secondary N) is 2. The number of nitrogens with zero attached hydrogens (tertiary/aromatic N) is 4. The first kappa shape index (κ1) is 28.7. The van der Waals surface area contributed by atoms with Crippen molar-refractivity contribution in [3.63, 3.8) is 0 Å². The Labute approximate surface area is 237 Å². The Balaban J connectivity index is 1.49. The molecule has 10 nitrogen and oxygen atoms in total. The lowest BCUT2D eigenvalue weighted by Gasteiger charge is -2.22. The SMILES string of the molecule is CCN(NC(=O)c1cc(Cl)c[n+](OC)c1)C(=O)NCc1ccc(-c2cc(Cl)cc(F)c2-c2noc(C)n2)cc1F. The summed E-state index contributed by atoms with van der Waals surface area (Å²) in [5, 5.41) is 7.71. The summed E-state index contributed by atoms with van der Waals surface area (Å²) in [7, 11) is 1.40. The highest BCUT2D eigenvalue weighted by molar-refractivity contribution is 6.31. The van der Waals surface area contributed by atoms with Gasteiger partial charge in [-0.15, -0.1) is 0 Å². The summed E-state index contributed by atoms with van der Waals surface area (Å²) in [5.74, 6) is -1.74. The fraction of sp³-hybridized carbons (Fsp3) is 0.192. The third-order valence-corrected chi connectivity index (χ3v) is 6.11. The summed E-state index contributed by atoms with van der Waals surface area (Å²) in [6.07, 6.45) is 2.85. The molecule has 0 bridgehead atoms. The maximum atomic E-state index is 15.1. The lowest BCUT2D eigenvalue weighted by atomic mass is 9.97. The number of benzene rings is 2. The first-order valence-electron chi connectivity index (χ1n) is 11.8. The van der Waals surface area contributed by atoms with Crippen LogP contribution in [0.5, 0.6) is 0 Å². The molecule has 2 aromatic carbocycles. The molecule has 0 fully saturated rings. The van der Waals surface area contributed by atoms with Crippen LogP contribution in [0.3, 0.4) is 0 Å². The predicted octanol–water partition coefficient (Wildman–Crippen LogP) is 4.52. The van der Waals surface area contributed by atoms with Crippen molar-refractivity contribution >= 4 is 35.1 Å². The standard InChI is InChI=1S/C26H22Cl2F2N6O4/c1-4-36(33-25(37)17-7-19(28)13-35(12-17)39-3)26(38)31-11-16-6-5-15(8-21(16)29)20-9-18(27)10-22(30)23(20)24-32-14(2)40-34-24/h5-10,12-13H,4,11H2,1-3H3,(H-,31,33,37,38)/p+1.